The Labute approximate surface area is 153 Å². The molecule has 0 bridgehead atoms. The number of fused-ring (bicyclic) bond motifs is 1. The largest absolute Gasteiger partial charge is 0.454 e. The molecule has 136 valence electrons. The maximum absolute atomic E-state index is 12.8. The fourth-order valence-corrected chi connectivity index (χ4v) is 3.84. The summed E-state index contributed by atoms with van der Waals surface area (Å²) in [5, 5.41) is 0. The quantitative estimate of drug-likeness (QED) is 0.849. The Morgan fingerprint density at radius 1 is 1.23 bits per heavy atom. The van der Waals surface area contributed by atoms with E-state index < -0.39 is 0 Å². The molecule has 0 N–H and O–H groups in total. The Morgan fingerprint density at radius 2 is 2.08 bits per heavy atom. The van der Waals surface area contributed by atoms with Crippen molar-refractivity contribution >= 4 is 5.91 Å². The number of likely N-dealkylation sites (tertiary alicyclic amines) is 1. The number of amides is 1. The molecule has 4 rings (SSSR count). The number of nitrogens with zero attached hydrogens (tertiary/aromatic N) is 3. The number of carbonyl (C=O) groups excluding carboxylic acids is 1. The minimum absolute atomic E-state index is 0.0275. The summed E-state index contributed by atoms with van der Waals surface area (Å²) in [6, 6.07) is 6.11. The van der Waals surface area contributed by atoms with Gasteiger partial charge in [-0.25, -0.2) is 4.98 Å². The fraction of sp³-hybridized carbons (Fsp3) is 0.450. The molecule has 26 heavy (non-hydrogen) atoms. The Bertz CT molecular complexity index is 822. The zero-order valence-electron chi connectivity index (χ0n) is 15.2. The number of piperidine rings is 1. The third-order valence-electron chi connectivity index (χ3n) is 5.14. The van der Waals surface area contributed by atoms with Crippen molar-refractivity contribution in [2.45, 2.75) is 33.1 Å². The number of rotatable bonds is 3. The third-order valence-corrected chi connectivity index (χ3v) is 5.14. The number of aryl methyl sites for hydroxylation is 1. The van der Waals surface area contributed by atoms with Gasteiger partial charge in [0, 0.05) is 19.3 Å². The average molecular weight is 353 g/mol. The smallest absolute Gasteiger partial charge is 0.274 e. The summed E-state index contributed by atoms with van der Waals surface area (Å²) >= 11 is 0. The Kier molecular flexibility index (Phi) is 4.26. The molecule has 6 nitrogen and oxygen atoms in total. The molecule has 2 aromatic rings. The van der Waals surface area contributed by atoms with E-state index >= 15 is 0 Å². The first kappa shape index (κ1) is 16.8. The van der Waals surface area contributed by atoms with Crippen LogP contribution in [0.2, 0.25) is 0 Å². The molecule has 1 atom stereocenters. The van der Waals surface area contributed by atoms with Crippen LogP contribution in [0.1, 0.15) is 41.5 Å². The van der Waals surface area contributed by atoms with Crippen molar-refractivity contribution in [1.29, 1.82) is 0 Å². The summed E-state index contributed by atoms with van der Waals surface area (Å²) in [7, 11) is 0. The van der Waals surface area contributed by atoms with Gasteiger partial charge in [0.2, 0.25) is 6.79 Å². The van der Waals surface area contributed by atoms with Crippen LogP contribution in [0.3, 0.4) is 0 Å². The van der Waals surface area contributed by atoms with Crippen LogP contribution >= 0.6 is 0 Å². The van der Waals surface area contributed by atoms with Crippen LogP contribution in [0.5, 0.6) is 11.5 Å². The normalized spacial score (nSPS) is 21.7. The van der Waals surface area contributed by atoms with E-state index in [1.165, 1.54) is 5.56 Å². The lowest BCUT2D eigenvalue weighted by Crippen LogP contribution is -2.46. The summed E-state index contributed by atoms with van der Waals surface area (Å²) in [6.07, 6.45) is 6.19. The summed E-state index contributed by atoms with van der Waals surface area (Å²) in [4.78, 5) is 23.1. The monoisotopic (exact) mass is 353 g/mol. The second-order valence-electron chi connectivity index (χ2n) is 7.55. The van der Waals surface area contributed by atoms with E-state index in [4.69, 9.17) is 9.47 Å². The van der Waals surface area contributed by atoms with Gasteiger partial charge in [0.05, 0.1) is 11.9 Å². The average Bonchev–Trinajstić information content (AvgIpc) is 3.09. The lowest BCUT2D eigenvalue weighted by atomic mass is 9.77. The molecule has 0 saturated carbocycles. The van der Waals surface area contributed by atoms with Crippen LogP contribution in [0.15, 0.2) is 30.6 Å². The van der Waals surface area contributed by atoms with Crippen LogP contribution in [0, 0.1) is 12.3 Å². The molecule has 3 heterocycles. The zero-order valence-corrected chi connectivity index (χ0v) is 15.2. The Balaban J connectivity index is 1.48. The molecule has 1 amide bonds. The summed E-state index contributed by atoms with van der Waals surface area (Å²) in [5.74, 6) is 1.58. The molecule has 0 aliphatic carbocycles. The fourth-order valence-electron chi connectivity index (χ4n) is 3.84. The predicted octanol–water partition coefficient (Wildman–Crippen LogP) is 3.00. The minimum Gasteiger partial charge on any atom is -0.454 e. The van der Waals surface area contributed by atoms with Gasteiger partial charge in [0.1, 0.15) is 5.69 Å². The van der Waals surface area contributed by atoms with Crippen LogP contribution < -0.4 is 9.47 Å². The number of ether oxygens (including phenoxy) is 2. The van der Waals surface area contributed by atoms with Gasteiger partial charge in [-0.3, -0.25) is 9.78 Å². The molecule has 1 aromatic carbocycles. The van der Waals surface area contributed by atoms with Gasteiger partial charge in [-0.05, 0) is 49.3 Å². The maximum atomic E-state index is 12.8. The van der Waals surface area contributed by atoms with Gasteiger partial charge >= 0.3 is 0 Å². The molecule has 2 aliphatic rings. The molecule has 0 spiro atoms. The summed E-state index contributed by atoms with van der Waals surface area (Å²) in [5.41, 5.74) is 2.47. The van der Waals surface area contributed by atoms with Crippen LogP contribution in [0.4, 0.5) is 0 Å². The number of hydrogen-bond donors (Lipinski definition) is 0. The molecule has 0 radical (unpaired) electrons. The second kappa shape index (κ2) is 6.59. The molecular formula is C20H23N3O3. The maximum Gasteiger partial charge on any atom is 0.274 e. The highest BCUT2D eigenvalue weighted by molar-refractivity contribution is 5.92. The summed E-state index contributed by atoms with van der Waals surface area (Å²) in [6.45, 7) is 5.89. The lowest BCUT2D eigenvalue weighted by Gasteiger charge is -2.40. The van der Waals surface area contributed by atoms with E-state index in [1.54, 1.807) is 12.4 Å². The van der Waals surface area contributed by atoms with Crippen molar-refractivity contribution in [3.05, 3.63) is 47.5 Å². The van der Waals surface area contributed by atoms with Crippen LogP contribution in [0.25, 0.3) is 0 Å². The van der Waals surface area contributed by atoms with Crippen molar-refractivity contribution in [3.63, 3.8) is 0 Å². The van der Waals surface area contributed by atoms with E-state index in [0.717, 1.165) is 49.5 Å². The molecule has 1 aromatic heterocycles. The third kappa shape index (κ3) is 3.36. The van der Waals surface area contributed by atoms with Gasteiger partial charge < -0.3 is 14.4 Å². The van der Waals surface area contributed by atoms with Crippen molar-refractivity contribution < 1.29 is 14.3 Å². The van der Waals surface area contributed by atoms with Gasteiger partial charge in [0.25, 0.3) is 5.91 Å². The highest BCUT2D eigenvalue weighted by atomic mass is 16.7. The van der Waals surface area contributed by atoms with Gasteiger partial charge in [0.15, 0.2) is 11.5 Å². The van der Waals surface area contributed by atoms with E-state index in [-0.39, 0.29) is 18.1 Å². The number of benzene rings is 1. The van der Waals surface area contributed by atoms with Crippen molar-refractivity contribution in [1.82, 2.24) is 14.9 Å². The molecule has 2 aliphatic heterocycles. The van der Waals surface area contributed by atoms with E-state index in [1.807, 2.05) is 17.9 Å². The summed E-state index contributed by atoms with van der Waals surface area (Å²) < 4.78 is 10.9. The Hall–Kier alpha value is -2.63. The predicted molar refractivity (Wildman–Crippen MR) is 96.3 cm³/mol. The SMILES string of the molecule is Cc1cnc(C(=O)N2CCCC(C)(Cc3ccc4c(c3)OCO4)C2)cn1. The van der Waals surface area contributed by atoms with E-state index in [9.17, 15) is 4.79 Å². The molecule has 6 heteroatoms. The zero-order chi connectivity index (χ0) is 18.1. The second-order valence-corrected chi connectivity index (χ2v) is 7.55. The highest BCUT2D eigenvalue weighted by Gasteiger charge is 2.34. The Morgan fingerprint density at radius 3 is 2.88 bits per heavy atom. The molecule has 1 unspecified atom stereocenters. The number of carbonyl (C=O) groups is 1. The van der Waals surface area contributed by atoms with Crippen LogP contribution in [-0.4, -0.2) is 40.7 Å². The molecule has 1 fully saturated rings. The minimum atomic E-state index is -0.0332. The molecule has 1 saturated heterocycles. The topological polar surface area (TPSA) is 64.6 Å². The van der Waals surface area contributed by atoms with Crippen LogP contribution in [-0.2, 0) is 6.42 Å². The molecular weight excluding hydrogens is 330 g/mol. The first-order chi connectivity index (χ1) is 12.5. The first-order valence-corrected chi connectivity index (χ1v) is 8.99. The van der Waals surface area contributed by atoms with Crippen molar-refractivity contribution in [2.24, 2.45) is 5.41 Å². The van der Waals surface area contributed by atoms with Crippen molar-refractivity contribution in [2.75, 3.05) is 19.9 Å². The first-order valence-electron chi connectivity index (χ1n) is 8.99. The van der Waals surface area contributed by atoms with Gasteiger partial charge in [-0.15, -0.1) is 0 Å². The van der Waals surface area contributed by atoms with E-state index in [0.29, 0.717) is 5.69 Å². The number of hydrogen-bond acceptors (Lipinski definition) is 5. The van der Waals surface area contributed by atoms with Gasteiger partial charge in [-0.2, -0.15) is 0 Å². The standard InChI is InChI=1S/C20H23N3O3/c1-14-10-22-16(11-21-14)19(24)23-7-3-6-20(2,12-23)9-15-4-5-17-18(8-15)26-13-25-17/h4-5,8,10-11H,3,6-7,9,12-13H2,1-2H3. The van der Waals surface area contributed by atoms with Gasteiger partial charge in [-0.1, -0.05) is 13.0 Å². The number of aromatic nitrogens is 2. The highest BCUT2D eigenvalue weighted by Crippen LogP contribution is 2.37. The van der Waals surface area contributed by atoms with Crippen molar-refractivity contribution in [3.8, 4) is 11.5 Å². The van der Waals surface area contributed by atoms with E-state index in [2.05, 4.69) is 29.0 Å². The lowest BCUT2D eigenvalue weighted by molar-refractivity contribution is 0.0544.